The highest BCUT2D eigenvalue weighted by molar-refractivity contribution is 4.58. The molecule has 0 radical (unpaired) electrons. The van der Waals surface area contributed by atoms with E-state index in [2.05, 4.69) is 6.92 Å². The molecule has 0 rings (SSSR count). The van der Waals surface area contributed by atoms with Gasteiger partial charge in [-0.2, -0.15) is 0 Å². The molecular formula is C12H26O2. The Balaban J connectivity index is 3.40. The van der Waals surface area contributed by atoms with Crippen LogP contribution in [0.5, 0.6) is 0 Å². The van der Waals surface area contributed by atoms with Gasteiger partial charge in [0.1, 0.15) is 0 Å². The molecule has 0 spiro atoms. The summed E-state index contributed by atoms with van der Waals surface area (Å²) >= 11 is 0. The van der Waals surface area contributed by atoms with Gasteiger partial charge in [0.15, 0.2) is 0 Å². The SMILES string of the molecule is CCCCCCC(CCOC)COC. The Kier molecular flexibility index (Phi) is 10.9. The third kappa shape index (κ3) is 8.52. The molecule has 0 aliphatic rings. The van der Waals surface area contributed by atoms with Gasteiger partial charge in [-0.15, -0.1) is 0 Å². The molecule has 0 aromatic rings. The lowest BCUT2D eigenvalue weighted by atomic mass is 9.99. The van der Waals surface area contributed by atoms with E-state index in [0.29, 0.717) is 5.92 Å². The molecule has 14 heavy (non-hydrogen) atoms. The number of rotatable bonds is 10. The smallest absolute Gasteiger partial charge is 0.0491 e. The van der Waals surface area contributed by atoms with Crippen molar-refractivity contribution in [3.8, 4) is 0 Å². The van der Waals surface area contributed by atoms with Crippen LogP contribution in [0.25, 0.3) is 0 Å². The lowest BCUT2D eigenvalue weighted by Crippen LogP contribution is -2.11. The molecule has 0 fully saturated rings. The van der Waals surface area contributed by atoms with Gasteiger partial charge < -0.3 is 9.47 Å². The summed E-state index contributed by atoms with van der Waals surface area (Å²) in [5.41, 5.74) is 0. The van der Waals surface area contributed by atoms with Crippen LogP contribution in [0.4, 0.5) is 0 Å². The van der Waals surface area contributed by atoms with Crippen LogP contribution in [0.3, 0.4) is 0 Å². The van der Waals surface area contributed by atoms with Crippen molar-refractivity contribution in [1.82, 2.24) is 0 Å². The van der Waals surface area contributed by atoms with Crippen LogP contribution < -0.4 is 0 Å². The van der Waals surface area contributed by atoms with Crippen LogP contribution in [0.15, 0.2) is 0 Å². The van der Waals surface area contributed by atoms with E-state index in [9.17, 15) is 0 Å². The second-order valence-corrected chi connectivity index (χ2v) is 3.95. The minimum absolute atomic E-state index is 0.691. The van der Waals surface area contributed by atoms with Gasteiger partial charge in [-0.1, -0.05) is 32.6 Å². The molecule has 1 unspecified atom stereocenters. The molecule has 2 nitrogen and oxygen atoms in total. The highest BCUT2D eigenvalue weighted by Crippen LogP contribution is 2.14. The van der Waals surface area contributed by atoms with Crippen molar-refractivity contribution < 1.29 is 9.47 Å². The molecule has 1 atom stereocenters. The van der Waals surface area contributed by atoms with Crippen LogP contribution in [0.2, 0.25) is 0 Å². The average Bonchev–Trinajstić information content (AvgIpc) is 2.20. The van der Waals surface area contributed by atoms with E-state index in [-0.39, 0.29) is 0 Å². The monoisotopic (exact) mass is 202 g/mol. The molecule has 0 aromatic carbocycles. The van der Waals surface area contributed by atoms with E-state index < -0.39 is 0 Å². The highest BCUT2D eigenvalue weighted by Gasteiger charge is 2.07. The van der Waals surface area contributed by atoms with E-state index in [1.54, 1.807) is 14.2 Å². The Labute approximate surface area is 89.0 Å². The summed E-state index contributed by atoms with van der Waals surface area (Å²) in [5.74, 6) is 0.691. The summed E-state index contributed by atoms with van der Waals surface area (Å²) in [6, 6.07) is 0. The van der Waals surface area contributed by atoms with Gasteiger partial charge in [0.05, 0.1) is 0 Å². The second kappa shape index (κ2) is 11.0. The minimum Gasteiger partial charge on any atom is -0.385 e. The van der Waals surface area contributed by atoms with Crippen LogP contribution in [0.1, 0.15) is 45.4 Å². The fourth-order valence-electron chi connectivity index (χ4n) is 1.69. The number of methoxy groups -OCH3 is 2. The van der Waals surface area contributed by atoms with Crippen LogP contribution in [0, 0.1) is 5.92 Å². The lowest BCUT2D eigenvalue weighted by Gasteiger charge is -2.15. The second-order valence-electron chi connectivity index (χ2n) is 3.95. The van der Waals surface area contributed by atoms with Crippen LogP contribution in [-0.2, 0) is 9.47 Å². The van der Waals surface area contributed by atoms with E-state index in [0.717, 1.165) is 19.6 Å². The van der Waals surface area contributed by atoms with Crippen LogP contribution >= 0.6 is 0 Å². The van der Waals surface area contributed by atoms with Crippen molar-refractivity contribution in [3.05, 3.63) is 0 Å². The van der Waals surface area contributed by atoms with Gasteiger partial charge in [-0.25, -0.2) is 0 Å². The predicted molar refractivity (Wildman–Crippen MR) is 60.6 cm³/mol. The molecule has 0 amide bonds. The minimum atomic E-state index is 0.691. The van der Waals surface area contributed by atoms with Crippen molar-refractivity contribution in [1.29, 1.82) is 0 Å². The molecule has 0 bridgehead atoms. The van der Waals surface area contributed by atoms with E-state index in [4.69, 9.17) is 9.47 Å². The molecule has 0 saturated carbocycles. The summed E-state index contributed by atoms with van der Waals surface area (Å²) < 4.78 is 10.3. The van der Waals surface area contributed by atoms with Crippen LogP contribution in [-0.4, -0.2) is 27.4 Å². The maximum absolute atomic E-state index is 5.20. The lowest BCUT2D eigenvalue weighted by molar-refractivity contribution is 0.112. The first-order valence-corrected chi connectivity index (χ1v) is 5.83. The Morgan fingerprint density at radius 1 is 0.929 bits per heavy atom. The summed E-state index contributed by atoms with van der Waals surface area (Å²) in [4.78, 5) is 0. The fourth-order valence-corrected chi connectivity index (χ4v) is 1.69. The third-order valence-electron chi connectivity index (χ3n) is 2.60. The summed E-state index contributed by atoms with van der Waals surface area (Å²) in [5, 5.41) is 0. The van der Waals surface area contributed by atoms with Crippen molar-refractivity contribution in [2.45, 2.75) is 45.4 Å². The Morgan fingerprint density at radius 3 is 2.29 bits per heavy atom. The molecule has 2 heteroatoms. The molecule has 0 saturated heterocycles. The average molecular weight is 202 g/mol. The highest BCUT2D eigenvalue weighted by atomic mass is 16.5. The number of unbranched alkanes of at least 4 members (excludes halogenated alkanes) is 3. The van der Waals surface area contributed by atoms with Gasteiger partial charge in [-0.05, 0) is 18.8 Å². The predicted octanol–water partition coefficient (Wildman–Crippen LogP) is 3.26. The third-order valence-corrected chi connectivity index (χ3v) is 2.60. The fraction of sp³-hybridized carbons (Fsp3) is 1.00. The molecule has 0 aromatic heterocycles. The Hall–Kier alpha value is -0.0800. The quantitative estimate of drug-likeness (QED) is 0.506. The van der Waals surface area contributed by atoms with Gasteiger partial charge >= 0.3 is 0 Å². The first-order chi connectivity index (χ1) is 6.85. The number of hydrogen-bond donors (Lipinski definition) is 0. The van der Waals surface area contributed by atoms with Gasteiger partial charge in [0.25, 0.3) is 0 Å². The summed E-state index contributed by atoms with van der Waals surface area (Å²) in [7, 11) is 3.55. The zero-order valence-electron chi connectivity index (χ0n) is 10.1. The topological polar surface area (TPSA) is 18.5 Å². The van der Waals surface area contributed by atoms with E-state index in [1.807, 2.05) is 0 Å². The standard InChI is InChI=1S/C12H26O2/c1-4-5-6-7-8-12(11-14-3)9-10-13-2/h12H,4-11H2,1-3H3. The Morgan fingerprint density at radius 2 is 1.71 bits per heavy atom. The number of ether oxygens (including phenoxy) is 2. The molecule has 0 N–H and O–H groups in total. The molecule has 86 valence electrons. The van der Waals surface area contributed by atoms with Crippen molar-refractivity contribution in [2.75, 3.05) is 27.4 Å². The Bertz CT molecular complexity index is 104. The summed E-state index contributed by atoms with van der Waals surface area (Å²) in [6.45, 7) is 3.99. The van der Waals surface area contributed by atoms with Crippen molar-refractivity contribution in [3.63, 3.8) is 0 Å². The largest absolute Gasteiger partial charge is 0.385 e. The maximum Gasteiger partial charge on any atom is 0.0491 e. The molecule has 0 aliphatic carbocycles. The normalized spacial score (nSPS) is 13.1. The van der Waals surface area contributed by atoms with Crippen molar-refractivity contribution >= 4 is 0 Å². The van der Waals surface area contributed by atoms with Gasteiger partial charge in [0.2, 0.25) is 0 Å². The van der Waals surface area contributed by atoms with Gasteiger partial charge in [0, 0.05) is 27.4 Å². The molecule has 0 aliphatic heterocycles. The molecular weight excluding hydrogens is 176 g/mol. The van der Waals surface area contributed by atoms with Crippen molar-refractivity contribution in [2.24, 2.45) is 5.92 Å². The maximum atomic E-state index is 5.20. The molecule has 0 heterocycles. The first kappa shape index (κ1) is 13.9. The number of hydrogen-bond acceptors (Lipinski definition) is 2. The first-order valence-electron chi connectivity index (χ1n) is 5.83. The van der Waals surface area contributed by atoms with E-state index in [1.165, 1.54) is 32.1 Å². The van der Waals surface area contributed by atoms with E-state index >= 15 is 0 Å². The van der Waals surface area contributed by atoms with Gasteiger partial charge in [-0.3, -0.25) is 0 Å². The summed E-state index contributed by atoms with van der Waals surface area (Å²) in [6.07, 6.45) is 7.81. The zero-order chi connectivity index (χ0) is 10.6. The zero-order valence-corrected chi connectivity index (χ0v) is 10.1.